The van der Waals surface area contributed by atoms with Gasteiger partial charge in [-0.15, -0.1) is 0 Å². The number of aryl methyl sites for hydroxylation is 1. The van der Waals surface area contributed by atoms with Crippen LogP contribution in [0.3, 0.4) is 0 Å². The Hall–Kier alpha value is -1.60. The summed E-state index contributed by atoms with van der Waals surface area (Å²) < 4.78 is 5.66. The lowest BCUT2D eigenvalue weighted by Crippen LogP contribution is -2.01. The largest absolute Gasteiger partial charge is 0.381 e. The average molecular weight is 240 g/mol. The molecule has 1 heteroatoms. The molecule has 0 amide bonds. The van der Waals surface area contributed by atoms with E-state index in [-0.39, 0.29) is 0 Å². The van der Waals surface area contributed by atoms with Crippen molar-refractivity contribution in [3.8, 4) is 0 Å². The molecule has 0 saturated carbocycles. The van der Waals surface area contributed by atoms with Crippen molar-refractivity contribution in [2.24, 2.45) is 0 Å². The van der Waals surface area contributed by atoms with Crippen molar-refractivity contribution in [2.75, 3.05) is 13.2 Å². The molecule has 0 bridgehead atoms. The molecule has 0 aliphatic carbocycles. The summed E-state index contributed by atoms with van der Waals surface area (Å²) in [7, 11) is 0. The van der Waals surface area contributed by atoms with Crippen molar-refractivity contribution in [3.05, 3.63) is 71.8 Å². The van der Waals surface area contributed by atoms with Gasteiger partial charge in [0, 0.05) is 6.61 Å². The summed E-state index contributed by atoms with van der Waals surface area (Å²) >= 11 is 0. The molecule has 0 unspecified atom stereocenters. The van der Waals surface area contributed by atoms with E-state index in [0.29, 0.717) is 0 Å². The van der Waals surface area contributed by atoms with Crippen LogP contribution in [0.1, 0.15) is 17.5 Å². The molecule has 18 heavy (non-hydrogen) atoms. The van der Waals surface area contributed by atoms with Crippen molar-refractivity contribution in [1.82, 2.24) is 0 Å². The van der Waals surface area contributed by atoms with Crippen molar-refractivity contribution < 1.29 is 4.74 Å². The minimum Gasteiger partial charge on any atom is -0.381 e. The van der Waals surface area contributed by atoms with Gasteiger partial charge in [0.15, 0.2) is 0 Å². The predicted molar refractivity (Wildman–Crippen MR) is 75.7 cm³/mol. The maximum atomic E-state index is 5.66. The van der Waals surface area contributed by atoms with E-state index in [1.807, 2.05) is 6.07 Å². The Bertz CT molecular complexity index is 378. The molecule has 0 fully saturated rings. The standard InChI is InChI=1S/C17H20O/c1-3-8-16(9-4-1)12-7-14-18-15-13-17-10-5-2-6-11-17/h1-6,8-11H,7,12-15H2. The van der Waals surface area contributed by atoms with Gasteiger partial charge in [-0.25, -0.2) is 0 Å². The SMILES string of the molecule is c1ccc(CCCOCCc2ccccc2)cc1. The van der Waals surface area contributed by atoms with Crippen LogP contribution in [0.5, 0.6) is 0 Å². The van der Waals surface area contributed by atoms with E-state index in [1.54, 1.807) is 0 Å². The highest BCUT2D eigenvalue weighted by Crippen LogP contribution is 2.03. The quantitative estimate of drug-likeness (QED) is 0.667. The third-order valence-corrected chi connectivity index (χ3v) is 2.97. The highest BCUT2D eigenvalue weighted by molar-refractivity contribution is 5.15. The lowest BCUT2D eigenvalue weighted by Gasteiger charge is -2.04. The zero-order valence-electron chi connectivity index (χ0n) is 10.7. The Morgan fingerprint density at radius 1 is 0.611 bits per heavy atom. The number of hydrogen-bond donors (Lipinski definition) is 0. The van der Waals surface area contributed by atoms with Gasteiger partial charge < -0.3 is 4.74 Å². The third kappa shape index (κ3) is 4.72. The molecule has 0 N–H and O–H groups in total. The monoisotopic (exact) mass is 240 g/mol. The Labute approximate surface area is 109 Å². The van der Waals surface area contributed by atoms with Crippen LogP contribution in [0.2, 0.25) is 0 Å². The minimum atomic E-state index is 0.818. The Kier molecular flexibility index (Phi) is 5.48. The number of ether oxygens (including phenoxy) is 1. The van der Waals surface area contributed by atoms with Crippen LogP contribution >= 0.6 is 0 Å². The fourth-order valence-electron chi connectivity index (χ4n) is 1.96. The van der Waals surface area contributed by atoms with Gasteiger partial charge in [0.05, 0.1) is 6.61 Å². The molecule has 94 valence electrons. The maximum Gasteiger partial charge on any atom is 0.0506 e. The highest BCUT2D eigenvalue weighted by Gasteiger charge is 1.94. The summed E-state index contributed by atoms with van der Waals surface area (Å²) in [5.74, 6) is 0. The molecule has 0 saturated heterocycles. The summed E-state index contributed by atoms with van der Waals surface area (Å²) in [6.45, 7) is 1.67. The topological polar surface area (TPSA) is 9.23 Å². The molecule has 2 rings (SSSR count). The molecule has 0 aromatic heterocycles. The van der Waals surface area contributed by atoms with Gasteiger partial charge in [-0.3, -0.25) is 0 Å². The minimum absolute atomic E-state index is 0.818. The summed E-state index contributed by atoms with van der Waals surface area (Å²) in [6.07, 6.45) is 3.21. The predicted octanol–water partition coefficient (Wildman–Crippen LogP) is 3.88. The Morgan fingerprint density at radius 3 is 1.78 bits per heavy atom. The van der Waals surface area contributed by atoms with E-state index >= 15 is 0 Å². The van der Waals surface area contributed by atoms with Crippen LogP contribution in [-0.4, -0.2) is 13.2 Å². The molecule has 0 spiro atoms. The van der Waals surface area contributed by atoms with Crippen molar-refractivity contribution >= 4 is 0 Å². The molecular weight excluding hydrogens is 220 g/mol. The first kappa shape index (κ1) is 12.8. The fourth-order valence-corrected chi connectivity index (χ4v) is 1.96. The Morgan fingerprint density at radius 2 is 1.17 bits per heavy atom. The van der Waals surface area contributed by atoms with Gasteiger partial charge >= 0.3 is 0 Å². The van der Waals surface area contributed by atoms with E-state index in [1.165, 1.54) is 11.1 Å². The molecule has 0 atom stereocenters. The van der Waals surface area contributed by atoms with Gasteiger partial charge in [0.1, 0.15) is 0 Å². The zero-order valence-corrected chi connectivity index (χ0v) is 10.7. The fraction of sp³-hybridized carbons (Fsp3) is 0.294. The maximum absolute atomic E-state index is 5.66. The Balaban J connectivity index is 1.54. The van der Waals surface area contributed by atoms with Crippen LogP contribution in [0.4, 0.5) is 0 Å². The number of hydrogen-bond acceptors (Lipinski definition) is 1. The lowest BCUT2D eigenvalue weighted by molar-refractivity contribution is 0.135. The van der Waals surface area contributed by atoms with E-state index in [9.17, 15) is 0 Å². The molecule has 2 aromatic rings. The molecule has 1 nitrogen and oxygen atoms in total. The third-order valence-electron chi connectivity index (χ3n) is 2.97. The molecule has 0 aliphatic heterocycles. The molecule has 0 aliphatic rings. The van der Waals surface area contributed by atoms with Crippen LogP contribution in [0, 0.1) is 0 Å². The summed E-state index contributed by atoms with van der Waals surface area (Å²) in [5, 5.41) is 0. The van der Waals surface area contributed by atoms with Crippen molar-refractivity contribution in [3.63, 3.8) is 0 Å². The second-order valence-corrected chi connectivity index (χ2v) is 4.44. The smallest absolute Gasteiger partial charge is 0.0506 e. The van der Waals surface area contributed by atoms with E-state index < -0.39 is 0 Å². The van der Waals surface area contributed by atoms with Crippen LogP contribution < -0.4 is 0 Å². The molecule has 0 radical (unpaired) electrons. The second-order valence-electron chi connectivity index (χ2n) is 4.44. The highest BCUT2D eigenvalue weighted by atomic mass is 16.5. The summed E-state index contributed by atoms with van der Waals surface area (Å²) in [5.41, 5.74) is 2.74. The van der Waals surface area contributed by atoms with E-state index in [4.69, 9.17) is 4.74 Å². The normalized spacial score (nSPS) is 10.4. The van der Waals surface area contributed by atoms with Crippen LogP contribution in [0.25, 0.3) is 0 Å². The average Bonchev–Trinajstić information content (AvgIpc) is 2.45. The van der Waals surface area contributed by atoms with Crippen LogP contribution in [-0.2, 0) is 17.6 Å². The van der Waals surface area contributed by atoms with Crippen molar-refractivity contribution in [1.29, 1.82) is 0 Å². The van der Waals surface area contributed by atoms with Crippen molar-refractivity contribution in [2.45, 2.75) is 19.3 Å². The van der Waals surface area contributed by atoms with Gasteiger partial charge in [-0.1, -0.05) is 60.7 Å². The second kappa shape index (κ2) is 7.67. The van der Waals surface area contributed by atoms with Gasteiger partial charge in [-0.2, -0.15) is 0 Å². The molecule has 0 heterocycles. The number of rotatable bonds is 7. The first-order valence-electron chi connectivity index (χ1n) is 6.61. The zero-order chi connectivity index (χ0) is 12.5. The van der Waals surface area contributed by atoms with E-state index in [0.717, 1.165) is 32.5 Å². The van der Waals surface area contributed by atoms with Crippen LogP contribution in [0.15, 0.2) is 60.7 Å². The first-order valence-corrected chi connectivity index (χ1v) is 6.61. The van der Waals surface area contributed by atoms with Gasteiger partial charge in [0.25, 0.3) is 0 Å². The first-order chi connectivity index (χ1) is 8.95. The number of benzene rings is 2. The summed E-state index contributed by atoms with van der Waals surface area (Å²) in [4.78, 5) is 0. The van der Waals surface area contributed by atoms with Gasteiger partial charge in [-0.05, 0) is 30.4 Å². The van der Waals surface area contributed by atoms with Gasteiger partial charge in [0.2, 0.25) is 0 Å². The van der Waals surface area contributed by atoms with E-state index in [2.05, 4.69) is 54.6 Å². The molecule has 2 aromatic carbocycles. The lowest BCUT2D eigenvalue weighted by atomic mass is 10.1. The molecular formula is C17H20O. The summed E-state index contributed by atoms with van der Waals surface area (Å²) in [6, 6.07) is 21.1.